The summed E-state index contributed by atoms with van der Waals surface area (Å²) in [5.41, 5.74) is 0. The molecule has 3 N–H and O–H groups in total. The van der Waals surface area contributed by atoms with Gasteiger partial charge in [0, 0.05) is 0 Å². The van der Waals surface area contributed by atoms with Crippen LogP contribution >= 0.6 is 12.4 Å². The molecule has 0 aliphatic heterocycles. The van der Waals surface area contributed by atoms with E-state index in [-0.39, 0.29) is 70.5 Å². The van der Waals surface area contributed by atoms with Gasteiger partial charge in [0.05, 0.1) is 41.0 Å². The average Bonchev–Trinajstić information content (AvgIpc) is 1.86. The summed E-state index contributed by atoms with van der Waals surface area (Å²) >= 11 is 0. The van der Waals surface area contributed by atoms with E-state index < -0.39 is 0 Å². The molecule has 0 aliphatic rings. The Balaban J connectivity index is -0.0000000165. The predicted molar refractivity (Wildman–Crippen MR) is 59.4 cm³/mol. The Hall–Kier alpha value is 1.19. The van der Waals surface area contributed by atoms with Gasteiger partial charge in [-0.1, -0.05) is 0 Å². The molecule has 7 heteroatoms. The van der Waals surface area contributed by atoms with Crippen LogP contribution in [0.5, 0.6) is 0 Å². The van der Waals surface area contributed by atoms with Crippen molar-refractivity contribution in [2.75, 3.05) is 47.5 Å². The van der Waals surface area contributed by atoms with E-state index in [1.54, 1.807) is 0 Å². The Morgan fingerprint density at radius 2 is 1.21 bits per heavy atom. The van der Waals surface area contributed by atoms with Crippen LogP contribution in [0.3, 0.4) is 0 Å². The zero-order chi connectivity index (χ0) is 9.33. The molecule has 0 spiro atoms. The van der Waals surface area contributed by atoms with Crippen LogP contribution in [0.15, 0.2) is 0 Å². The summed E-state index contributed by atoms with van der Waals surface area (Å²) in [6.07, 6.45) is 0. The smallest absolute Gasteiger partial charge is 1.00 e. The van der Waals surface area contributed by atoms with Crippen molar-refractivity contribution in [1.82, 2.24) is 0 Å². The van der Waals surface area contributed by atoms with Crippen LogP contribution in [0.1, 0.15) is 2.85 Å². The monoisotopic (exact) mass is 263 g/mol. The van der Waals surface area contributed by atoms with Crippen molar-refractivity contribution in [2.45, 2.75) is 0 Å². The fourth-order valence-electron chi connectivity index (χ4n) is 0.300. The third kappa shape index (κ3) is 51.2. The molecular weight excluding hydrogens is 241 g/mol. The van der Waals surface area contributed by atoms with Crippen LogP contribution in [0.25, 0.3) is 0 Å². The van der Waals surface area contributed by atoms with Crippen LogP contribution in [0.2, 0.25) is 0 Å². The van der Waals surface area contributed by atoms with Gasteiger partial charge in [0.25, 0.3) is 0 Å². The summed E-state index contributed by atoms with van der Waals surface area (Å²) in [6, 6.07) is 0. The Morgan fingerprint density at radius 3 is 1.21 bits per heavy atom. The fraction of sp³-hybridized carbons (Fsp3) is 1.00. The van der Waals surface area contributed by atoms with Gasteiger partial charge in [0.1, 0.15) is 6.54 Å². The number of likely N-dealkylation sites (N-methyl/N-ethyl adjacent to an activating group) is 1. The second-order valence-corrected chi connectivity index (χ2v) is 3.18. The summed E-state index contributed by atoms with van der Waals surface area (Å²) in [6.45, 7) is 0.865. The van der Waals surface area contributed by atoms with Crippen LogP contribution in [-0.4, -0.2) is 90.4 Å². The second kappa shape index (κ2) is 19.7. The van der Waals surface area contributed by atoms with E-state index in [2.05, 4.69) is 21.1 Å². The molecule has 14 heavy (non-hydrogen) atoms. The molecule has 0 unspecified atom stereocenters. The van der Waals surface area contributed by atoms with Gasteiger partial charge < -0.3 is 35.1 Å². The Labute approximate surface area is 118 Å². The summed E-state index contributed by atoms with van der Waals surface area (Å²) in [7, 11) is 6.16. The first-order chi connectivity index (χ1) is 4.97. The van der Waals surface area contributed by atoms with Gasteiger partial charge in [0.15, 0.2) is 0 Å². The Bertz CT molecular complexity index is 90.5. The summed E-state index contributed by atoms with van der Waals surface area (Å²) in [4.78, 5) is 0. The van der Waals surface area contributed by atoms with Crippen molar-refractivity contribution in [2.24, 2.45) is 0 Å². The topological polar surface area (TPSA) is 60.7 Å². The molecule has 4 nitrogen and oxygen atoms in total. The number of nitrogens with zero attached hydrogens (tertiary/aromatic N) is 1. The molecule has 0 saturated heterocycles. The minimum absolute atomic E-state index is 0. The quantitative estimate of drug-likeness (QED) is 0.359. The third-order valence-corrected chi connectivity index (χ3v) is 0.871. The van der Waals surface area contributed by atoms with Gasteiger partial charge >= 0.3 is 23.1 Å². The molecule has 0 amide bonds. The number of aliphatic hydroxyl groups is 3. The fourth-order valence-corrected chi connectivity index (χ4v) is 0.300. The van der Waals surface area contributed by atoms with Crippen molar-refractivity contribution >= 4 is 35.5 Å². The zero-order valence-corrected chi connectivity index (χ0v) is 12.1. The maximum absolute atomic E-state index is 8.39. The predicted octanol–water partition coefficient (Wildman–Crippen LogP) is -4.07. The van der Waals surface area contributed by atoms with Crippen molar-refractivity contribution in [1.29, 1.82) is 0 Å². The zero-order valence-electron chi connectivity index (χ0n) is 11.1. The molecule has 0 atom stereocenters. The van der Waals surface area contributed by atoms with Crippen molar-refractivity contribution in [3.05, 3.63) is 0 Å². The van der Waals surface area contributed by atoms with Gasteiger partial charge in [-0.2, -0.15) is 0 Å². The molecule has 0 fully saturated rings. The van der Waals surface area contributed by atoms with E-state index in [4.69, 9.17) is 15.3 Å². The van der Waals surface area contributed by atoms with Crippen LogP contribution in [0, 0.1) is 0 Å². The second-order valence-electron chi connectivity index (χ2n) is 3.18. The molecule has 0 saturated carbocycles. The van der Waals surface area contributed by atoms with Gasteiger partial charge in [-0.05, 0) is 0 Å². The first-order valence-corrected chi connectivity index (χ1v) is 3.61. The van der Waals surface area contributed by atoms with Crippen LogP contribution in [0.4, 0.5) is 0 Å². The molecule has 90 valence electrons. The molecule has 0 heterocycles. The Kier molecular flexibility index (Phi) is 41.5. The number of rotatable bonds is 3. The first kappa shape index (κ1) is 29.5. The van der Waals surface area contributed by atoms with Crippen LogP contribution in [-0.2, 0) is 0 Å². The van der Waals surface area contributed by atoms with Crippen molar-refractivity contribution in [3.63, 3.8) is 0 Å². The van der Waals surface area contributed by atoms with E-state index in [9.17, 15) is 0 Å². The minimum atomic E-state index is -0.125. The molecule has 0 aromatic heterocycles. The SMILES string of the molecule is C[N+](C)(C)CCO.Cl.OCCO.[Cl-].[H-].[H-].[Mg+2]. The first-order valence-electron chi connectivity index (χ1n) is 3.61. The molecule has 0 aromatic carbocycles. The summed E-state index contributed by atoms with van der Waals surface area (Å²) in [5.74, 6) is 0. The standard InChI is InChI=1S/C5H14NO.C2H6O2.2ClH.Mg.2H/c1-6(2,3)4-5-7;3-1-2-4;;;;;/h7H,4-5H2,1-3H3;3-4H,1-2H2;2*1H;;;/q+1;;;;+2;2*-1/p-1. The summed E-state index contributed by atoms with van der Waals surface area (Å²) < 4.78 is 0.844. The van der Waals surface area contributed by atoms with E-state index in [1.807, 2.05) is 0 Å². The number of hydrogen-bond acceptors (Lipinski definition) is 3. The maximum atomic E-state index is 8.39. The maximum Gasteiger partial charge on any atom is 2.00 e. The number of halogens is 2. The van der Waals surface area contributed by atoms with Gasteiger partial charge in [-0.25, -0.2) is 0 Å². The molecule has 0 rings (SSSR count). The van der Waals surface area contributed by atoms with Gasteiger partial charge in [-0.3, -0.25) is 0 Å². The molecule has 0 aliphatic carbocycles. The van der Waals surface area contributed by atoms with Crippen molar-refractivity contribution < 1.29 is 35.1 Å². The van der Waals surface area contributed by atoms with E-state index >= 15 is 0 Å². The largest absolute Gasteiger partial charge is 2.00 e. The number of quaternary nitrogens is 1. The molecule has 0 aromatic rings. The Morgan fingerprint density at radius 1 is 0.929 bits per heavy atom. The van der Waals surface area contributed by atoms with Crippen LogP contribution < -0.4 is 12.4 Å². The van der Waals surface area contributed by atoms with Gasteiger partial charge in [-0.15, -0.1) is 12.4 Å². The normalized spacial score (nSPS) is 8.14. The van der Waals surface area contributed by atoms with E-state index in [0.29, 0.717) is 0 Å². The van der Waals surface area contributed by atoms with Crippen molar-refractivity contribution in [3.8, 4) is 0 Å². The summed E-state index contributed by atoms with van der Waals surface area (Å²) in [5, 5.41) is 23.6. The molecular formula is C7H23Cl2MgNO3. The van der Waals surface area contributed by atoms with E-state index in [1.165, 1.54) is 0 Å². The number of aliphatic hydroxyl groups excluding tert-OH is 3. The van der Waals surface area contributed by atoms with Gasteiger partial charge in [0.2, 0.25) is 0 Å². The number of hydrogen-bond donors (Lipinski definition) is 3. The third-order valence-electron chi connectivity index (χ3n) is 0.871. The minimum Gasteiger partial charge on any atom is -1.00 e. The average molecular weight is 264 g/mol. The van der Waals surface area contributed by atoms with E-state index in [0.717, 1.165) is 11.0 Å². The molecule has 0 bridgehead atoms. The molecule has 0 radical (unpaired) electrons.